The number of benzene rings is 1. The number of hydrogen-bond acceptors (Lipinski definition) is 5. The van der Waals surface area contributed by atoms with Crippen LogP contribution in [0.2, 0.25) is 0 Å². The van der Waals surface area contributed by atoms with E-state index in [0.717, 1.165) is 64.0 Å². The Balaban J connectivity index is 1.33. The summed E-state index contributed by atoms with van der Waals surface area (Å²) in [5, 5.41) is 16.6. The van der Waals surface area contributed by atoms with Gasteiger partial charge in [0.1, 0.15) is 0 Å². The molecule has 0 amide bonds. The Labute approximate surface area is 210 Å². The molecule has 0 spiro atoms. The molecule has 182 valence electrons. The number of rotatable bonds is 4. The molecule has 3 aliphatic rings. The summed E-state index contributed by atoms with van der Waals surface area (Å²) in [6, 6.07) is 10.7. The molecule has 1 atom stereocenters. The van der Waals surface area contributed by atoms with Crippen molar-refractivity contribution >= 4 is 16.7 Å². The molecule has 3 heterocycles. The van der Waals surface area contributed by atoms with Gasteiger partial charge >= 0.3 is 0 Å². The summed E-state index contributed by atoms with van der Waals surface area (Å²) in [4.78, 5) is 9.91. The Kier molecular flexibility index (Phi) is 4.61. The predicted molar refractivity (Wildman–Crippen MR) is 142 cm³/mol. The molecule has 0 saturated heterocycles. The van der Waals surface area contributed by atoms with E-state index >= 15 is 0 Å². The Bertz CT molecular complexity index is 1570. The van der Waals surface area contributed by atoms with E-state index in [0.29, 0.717) is 18.8 Å². The van der Waals surface area contributed by atoms with Crippen molar-refractivity contribution in [2.45, 2.75) is 63.0 Å². The van der Waals surface area contributed by atoms with Gasteiger partial charge in [-0.1, -0.05) is 48.6 Å². The molecule has 7 rings (SSSR count). The van der Waals surface area contributed by atoms with E-state index in [9.17, 15) is 5.11 Å². The van der Waals surface area contributed by atoms with Crippen LogP contribution in [0.15, 0.2) is 60.8 Å². The molecule has 1 unspecified atom stereocenters. The number of hydrogen-bond donors (Lipinski definition) is 2. The molecule has 36 heavy (non-hydrogen) atoms. The van der Waals surface area contributed by atoms with E-state index in [1.807, 2.05) is 17.6 Å². The van der Waals surface area contributed by atoms with E-state index in [4.69, 9.17) is 20.8 Å². The van der Waals surface area contributed by atoms with Gasteiger partial charge in [-0.2, -0.15) is 9.61 Å². The molecule has 1 aromatic carbocycles. The Morgan fingerprint density at radius 2 is 1.83 bits per heavy atom. The molecule has 2 fully saturated rings. The minimum absolute atomic E-state index is 0.249. The van der Waals surface area contributed by atoms with Crippen molar-refractivity contribution in [3.8, 4) is 11.3 Å². The number of allylic oxidation sites excluding steroid dienone is 4. The highest BCUT2D eigenvalue weighted by atomic mass is 16.3. The van der Waals surface area contributed by atoms with E-state index in [1.165, 1.54) is 5.56 Å². The first-order chi connectivity index (χ1) is 17.3. The normalized spacial score (nSPS) is 27.6. The average Bonchev–Trinajstić information content (AvgIpc) is 3.70. The number of aromatic nitrogens is 4. The Morgan fingerprint density at radius 3 is 2.53 bits per heavy atom. The molecule has 3 aliphatic carbocycles. The van der Waals surface area contributed by atoms with Gasteiger partial charge in [0, 0.05) is 34.2 Å². The van der Waals surface area contributed by atoms with Gasteiger partial charge in [0.05, 0.1) is 17.0 Å². The highest BCUT2D eigenvalue weighted by Crippen LogP contribution is 2.57. The molecule has 3 N–H and O–H groups in total. The van der Waals surface area contributed by atoms with Crippen molar-refractivity contribution in [1.82, 2.24) is 19.6 Å². The summed E-state index contributed by atoms with van der Waals surface area (Å²) in [6.45, 7) is 4.06. The number of nitrogens with zero attached hydrogens (tertiary/aromatic N) is 4. The molecule has 3 aromatic heterocycles. The van der Waals surface area contributed by atoms with Gasteiger partial charge in [0.2, 0.25) is 0 Å². The zero-order valence-corrected chi connectivity index (χ0v) is 20.8. The number of fused-ring (bicyclic) bond motifs is 3. The number of aliphatic hydroxyl groups is 1. The fourth-order valence-electron chi connectivity index (χ4n) is 6.26. The summed E-state index contributed by atoms with van der Waals surface area (Å²) in [5.74, 6) is 0.690. The lowest BCUT2D eigenvalue weighted by atomic mass is 9.60. The lowest BCUT2D eigenvalue weighted by molar-refractivity contribution is -0.106. The van der Waals surface area contributed by atoms with E-state index in [2.05, 4.69) is 61.6 Å². The van der Waals surface area contributed by atoms with Gasteiger partial charge in [-0.15, -0.1) is 0 Å². The van der Waals surface area contributed by atoms with E-state index < -0.39 is 11.1 Å². The van der Waals surface area contributed by atoms with Gasteiger partial charge in [-0.05, 0) is 69.1 Å². The van der Waals surface area contributed by atoms with Gasteiger partial charge < -0.3 is 10.8 Å². The molecular formula is C30H31N5O. The quantitative estimate of drug-likeness (QED) is 0.419. The second-order valence-electron chi connectivity index (χ2n) is 11.2. The molecule has 4 aromatic rings. The third kappa shape index (κ3) is 3.28. The molecule has 0 bridgehead atoms. The second kappa shape index (κ2) is 7.58. The van der Waals surface area contributed by atoms with Crippen molar-refractivity contribution in [2.75, 3.05) is 0 Å². The second-order valence-corrected chi connectivity index (χ2v) is 11.2. The van der Waals surface area contributed by atoms with Crippen LogP contribution in [0.3, 0.4) is 0 Å². The van der Waals surface area contributed by atoms with Crippen LogP contribution in [0.5, 0.6) is 0 Å². The van der Waals surface area contributed by atoms with E-state index in [-0.39, 0.29) is 5.92 Å². The molecular weight excluding hydrogens is 446 g/mol. The number of nitrogens with two attached hydrogens (primary N) is 1. The Hall–Kier alpha value is -3.35. The monoisotopic (exact) mass is 477 g/mol. The van der Waals surface area contributed by atoms with Crippen molar-refractivity contribution in [2.24, 2.45) is 11.7 Å². The summed E-state index contributed by atoms with van der Waals surface area (Å²) < 4.78 is 1.88. The summed E-state index contributed by atoms with van der Waals surface area (Å²) in [6.07, 6.45) is 15.1. The highest BCUT2D eigenvalue weighted by Gasteiger charge is 2.58. The first-order valence-electron chi connectivity index (χ1n) is 13.0. The average molecular weight is 478 g/mol. The van der Waals surface area contributed by atoms with Gasteiger partial charge in [-0.3, -0.25) is 0 Å². The molecule has 0 radical (unpaired) electrons. The summed E-state index contributed by atoms with van der Waals surface area (Å²) in [5.41, 5.74) is 13.7. The standard InChI is InChI=1S/C30H31N5O/c1-18-19(2)34-35-27(18)32-15-22-14-25(20-6-4-3-5-7-20)26(33-28(22)35)21-8-10-23(11-9-21)29(31)16-30(36,17-29)24-12-13-24/h3-6,8-11,14-15,20,24,36H,7,12-13,16-17,31H2,1-2H3/t20?,29-,30-. The van der Waals surface area contributed by atoms with Crippen LogP contribution >= 0.6 is 0 Å². The first kappa shape index (κ1) is 21.9. The topological polar surface area (TPSA) is 89.3 Å². The summed E-state index contributed by atoms with van der Waals surface area (Å²) >= 11 is 0. The lowest BCUT2D eigenvalue weighted by Gasteiger charge is -2.52. The zero-order chi connectivity index (χ0) is 24.7. The zero-order valence-electron chi connectivity index (χ0n) is 20.8. The molecule has 2 saturated carbocycles. The minimum atomic E-state index is -0.569. The van der Waals surface area contributed by atoms with Gasteiger partial charge in [-0.25, -0.2) is 9.97 Å². The minimum Gasteiger partial charge on any atom is -0.389 e. The maximum Gasteiger partial charge on any atom is 0.165 e. The lowest BCUT2D eigenvalue weighted by Crippen LogP contribution is -2.60. The van der Waals surface area contributed by atoms with Gasteiger partial charge in [0.15, 0.2) is 11.3 Å². The van der Waals surface area contributed by atoms with Crippen molar-refractivity contribution < 1.29 is 5.11 Å². The van der Waals surface area contributed by atoms with Gasteiger partial charge in [0.25, 0.3) is 0 Å². The molecule has 6 heteroatoms. The van der Waals surface area contributed by atoms with E-state index in [1.54, 1.807) is 0 Å². The number of aryl methyl sites for hydroxylation is 2. The van der Waals surface area contributed by atoms with Crippen molar-refractivity contribution in [1.29, 1.82) is 0 Å². The van der Waals surface area contributed by atoms with Crippen LogP contribution < -0.4 is 5.73 Å². The molecule has 0 aliphatic heterocycles. The summed E-state index contributed by atoms with van der Waals surface area (Å²) in [7, 11) is 0. The fraction of sp³-hybridized carbons (Fsp3) is 0.367. The van der Waals surface area contributed by atoms with Crippen molar-refractivity contribution in [3.63, 3.8) is 0 Å². The van der Waals surface area contributed by atoms with Crippen LogP contribution in [0.4, 0.5) is 0 Å². The van der Waals surface area contributed by atoms with Crippen molar-refractivity contribution in [3.05, 3.63) is 83.2 Å². The third-order valence-electron chi connectivity index (χ3n) is 8.61. The van der Waals surface area contributed by atoms with Crippen LogP contribution in [0, 0.1) is 19.8 Å². The van der Waals surface area contributed by atoms with Crippen LogP contribution in [-0.4, -0.2) is 30.3 Å². The third-order valence-corrected chi connectivity index (χ3v) is 8.61. The molecule has 6 nitrogen and oxygen atoms in total. The smallest absolute Gasteiger partial charge is 0.165 e. The fourth-order valence-corrected chi connectivity index (χ4v) is 6.26. The first-order valence-corrected chi connectivity index (χ1v) is 13.0. The Morgan fingerprint density at radius 1 is 1.06 bits per heavy atom. The largest absolute Gasteiger partial charge is 0.389 e. The van der Waals surface area contributed by atoms with Crippen LogP contribution in [-0.2, 0) is 5.54 Å². The maximum atomic E-state index is 10.9. The van der Waals surface area contributed by atoms with Crippen LogP contribution in [0.25, 0.3) is 27.9 Å². The number of pyridine rings is 1. The SMILES string of the molecule is Cc1nn2c(ncc3cc(C4C=CC=CC4)c(-c4ccc([C@]5(N)C[C@@](O)(C6CC6)C5)cc4)nc32)c1C. The maximum absolute atomic E-state index is 10.9. The predicted octanol–water partition coefficient (Wildman–Crippen LogP) is 5.25. The van der Waals surface area contributed by atoms with Crippen LogP contribution in [0.1, 0.15) is 60.4 Å². The highest BCUT2D eigenvalue weighted by molar-refractivity contribution is 5.83.